The third kappa shape index (κ3) is 5.51. The summed E-state index contributed by atoms with van der Waals surface area (Å²) in [5.41, 5.74) is 0.576. The van der Waals surface area contributed by atoms with Gasteiger partial charge in [-0.15, -0.1) is 0 Å². The number of carbonyl (C=O) groups excluding carboxylic acids is 2. The molecule has 1 aromatic carbocycles. The normalized spacial score (nSPS) is 19.6. The summed E-state index contributed by atoms with van der Waals surface area (Å²) < 4.78 is 19.2. The second-order valence-corrected chi connectivity index (χ2v) is 7.73. The molecule has 5 nitrogen and oxygen atoms in total. The van der Waals surface area contributed by atoms with E-state index in [0.717, 1.165) is 44.1 Å². The topological polar surface area (TPSA) is 67.4 Å². The van der Waals surface area contributed by atoms with E-state index in [0.29, 0.717) is 19.8 Å². The summed E-state index contributed by atoms with van der Waals surface area (Å²) in [6.45, 7) is 1.62. The minimum atomic E-state index is -0.317. The Kier molecular flexibility index (Phi) is 6.83. The van der Waals surface area contributed by atoms with Crippen molar-refractivity contribution in [3.63, 3.8) is 0 Å². The fourth-order valence-corrected chi connectivity index (χ4v) is 4.10. The summed E-state index contributed by atoms with van der Waals surface area (Å²) in [6.07, 6.45) is 6.26. The summed E-state index contributed by atoms with van der Waals surface area (Å²) in [7, 11) is 0. The van der Waals surface area contributed by atoms with Gasteiger partial charge in [0.2, 0.25) is 11.8 Å². The predicted molar refractivity (Wildman–Crippen MR) is 101 cm³/mol. The number of ether oxygens (including phenoxy) is 1. The highest BCUT2D eigenvalue weighted by atomic mass is 19.1. The molecule has 27 heavy (non-hydrogen) atoms. The van der Waals surface area contributed by atoms with Crippen LogP contribution in [0.1, 0.15) is 56.9 Å². The van der Waals surface area contributed by atoms with E-state index in [1.165, 1.54) is 6.07 Å². The van der Waals surface area contributed by atoms with E-state index >= 15 is 0 Å². The molecule has 0 aromatic heterocycles. The number of hydrogen-bond donors (Lipinski definition) is 2. The molecule has 0 spiro atoms. The zero-order valence-corrected chi connectivity index (χ0v) is 15.8. The van der Waals surface area contributed by atoms with Gasteiger partial charge in [0, 0.05) is 44.1 Å². The number of halogens is 1. The maximum Gasteiger partial charge on any atom is 0.220 e. The molecule has 1 heterocycles. The highest BCUT2D eigenvalue weighted by Gasteiger charge is 2.35. The van der Waals surface area contributed by atoms with Gasteiger partial charge in [0.05, 0.1) is 0 Å². The molecule has 3 rings (SSSR count). The summed E-state index contributed by atoms with van der Waals surface area (Å²) in [4.78, 5) is 24.3. The van der Waals surface area contributed by atoms with Crippen LogP contribution in [0.25, 0.3) is 0 Å². The predicted octanol–water partition coefficient (Wildman–Crippen LogP) is 2.83. The fourth-order valence-electron chi connectivity index (χ4n) is 4.10. The van der Waals surface area contributed by atoms with Gasteiger partial charge >= 0.3 is 0 Å². The van der Waals surface area contributed by atoms with Gasteiger partial charge in [-0.05, 0) is 43.4 Å². The molecule has 1 aliphatic heterocycles. The lowest BCUT2D eigenvalue weighted by Crippen LogP contribution is -2.44. The molecule has 2 N–H and O–H groups in total. The van der Waals surface area contributed by atoms with Crippen LogP contribution < -0.4 is 10.6 Å². The smallest absolute Gasteiger partial charge is 0.220 e. The number of carbonyl (C=O) groups is 2. The number of nitrogens with one attached hydrogen (secondary N) is 2. The Bertz CT molecular complexity index is 653. The molecule has 1 aromatic rings. The van der Waals surface area contributed by atoms with E-state index in [1.54, 1.807) is 12.1 Å². The van der Waals surface area contributed by atoms with Gasteiger partial charge in [-0.1, -0.05) is 25.0 Å². The van der Waals surface area contributed by atoms with Gasteiger partial charge in [0.1, 0.15) is 5.82 Å². The van der Waals surface area contributed by atoms with Crippen LogP contribution in [0, 0.1) is 5.82 Å². The molecular formula is C21H29FN2O3. The van der Waals surface area contributed by atoms with E-state index in [9.17, 15) is 14.0 Å². The molecule has 0 bridgehead atoms. The molecule has 1 saturated heterocycles. The molecule has 2 fully saturated rings. The Morgan fingerprint density at radius 3 is 2.52 bits per heavy atom. The quantitative estimate of drug-likeness (QED) is 0.769. The second kappa shape index (κ2) is 9.31. The Morgan fingerprint density at radius 1 is 1.11 bits per heavy atom. The fraction of sp³-hybridized carbons (Fsp3) is 0.619. The lowest BCUT2D eigenvalue weighted by atomic mass is 9.74. The van der Waals surface area contributed by atoms with Gasteiger partial charge in [-0.2, -0.15) is 0 Å². The molecule has 2 amide bonds. The maximum absolute atomic E-state index is 13.7. The van der Waals surface area contributed by atoms with Crippen molar-refractivity contribution in [2.45, 2.75) is 62.8 Å². The van der Waals surface area contributed by atoms with Gasteiger partial charge in [-0.3, -0.25) is 9.59 Å². The molecule has 0 unspecified atom stereocenters. The van der Waals surface area contributed by atoms with Crippen molar-refractivity contribution in [2.24, 2.45) is 0 Å². The van der Waals surface area contributed by atoms with Crippen molar-refractivity contribution in [3.05, 3.63) is 35.6 Å². The summed E-state index contributed by atoms with van der Waals surface area (Å²) in [6, 6.07) is 6.87. The zero-order valence-electron chi connectivity index (χ0n) is 15.8. The van der Waals surface area contributed by atoms with Crippen LogP contribution in [-0.4, -0.2) is 37.6 Å². The molecule has 2 aliphatic rings. The first-order chi connectivity index (χ1) is 13.1. The van der Waals surface area contributed by atoms with Crippen LogP contribution in [0.3, 0.4) is 0 Å². The standard InChI is InChI=1S/C21H29FN2O3/c22-17-5-3-4-16(14-17)21(10-12-27-13-11-21)15-23-19(25)8-9-20(26)24-18-6-1-2-7-18/h3-5,14,18H,1-2,6-13,15H2,(H,23,25)(H,24,26). The van der Waals surface area contributed by atoms with Gasteiger partial charge in [0.15, 0.2) is 0 Å². The van der Waals surface area contributed by atoms with E-state index < -0.39 is 0 Å². The molecule has 6 heteroatoms. The van der Waals surface area contributed by atoms with E-state index in [1.807, 2.05) is 6.07 Å². The third-order valence-corrected chi connectivity index (χ3v) is 5.81. The summed E-state index contributed by atoms with van der Waals surface area (Å²) >= 11 is 0. The van der Waals surface area contributed by atoms with E-state index in [2.05, 4.69) is 10.6 Å². The molecular weight excluding hydrogens is 347 g/mol. The van der Waals surface area contributed by atoms with Crippen LogP contribution in [0.15, 0.2) is 24.3 Å². The second-order valence-electron chi connectivity index (χ2n) is 7.73. The SMILES string of the molecule is O=C(CCC(=O)NC1CCCC1)NCC1(c2cccc(F)c2)CCOCC1. The Balaban J connectivity index is 1.51. The van der Waals surface area contributed by atoms with Crippen LogP contribution in [-0.2, 0) is 19.7 Å². The van der Waals surface area contributed by atoms with Crippen LogP contribution in [0.4, 0.5) is 4.39 Å². The van der Waals surface area contributed by atoms with Crippen LogP contribution in [0.5, 0.6) is 0 Å². The maximum atomic E-state index is 13.7. The molecule has 1 aliphatic carbocycles. The third-order valence-electron chi connectivity index (χ3n) is 5.81. The lowest BCUT2D eigenvalue weighted by Gasteiger charge is -2.38. The molecule has 1 saturated carbocycles. The minimum absolute atomic E-state index is 0.0528. The van der Waals surface area contributed by atoms with E-state index in [-0.39, 0.29) is 41.9 Å². The summed E-state index contributed by atoms with van der Waals surface area (Å²) in [5, 5.41) is 5.97. The Hall–Kier alpha value is -1.95. The van der Waals surface area contributed by atoms with Gasteiger partial charge in [0.25, 0.3) is 0 Å². The van der Waals surface area contributed by atoms with Crippen LogP contribution in [0.2, 0.25) is 0 Å². The number of rotatable bonds is 7. The minimum Gasteiger partial charge on any atom is -0.381 e. The highest BCUT2D eigenvalue weighted by Crippen LogP contribution is 2.34. The van der Waals surface area contributed by atoms with Gasteiger partial charge < -0.3 is 15.4 Å². The number of hydrogen-bond acceptors (Lipinski definition) is 3. The average molecular weight is 376 g/mol. The number of amides is 2. The monoisotopic (exact) mass is 376 g/mol. The van der Waals surface area contributed by atoms with Crippen molar-refractivity contribution < 1.29 is 18.7 Å². The first-order valence-electron chi connectivity index (χ1n) is 9.97. The highest BCUT2D eigenvalue weighted by molar-refractivity contribution is 5.83. The average Bonchev–Trinajstić information content (AvgIpc) is 3.18. The summed E-state index contributed by atoms with van der Waals surface area (Å²) in [5.74, 6) is -0.463. The largest absolute Gasteiger partial charge is 0.381 e. The molecule has 0 atom stereocenters. The van der Waals surface area contributed by atoms with Crippen LogP contribution >= 0.6 is 0 Å². The molecule has 0 radical (unpaired) electrons. The first kappa shape index (κ1) is 19.8. The van der Waals surface area contributed by atoms with Crippen molar-refractivity contribution in [2.75, 3.05) is 19.8 Å². The molecule has 148 valence electrons. The van der Waals surface area contributed by atoms with E-state index in [4.69, 9.17) is 4.74 Å². The van der Waals surface area contributed by atoms with Crippen molar-refractivity contribution >= 4 is 11.8 Å². The van der Waals surface area contributed by atoms with Crippen molar-refractivity contribution in [1.82, 2.24) is 10.6 Å². The number of benzene rings is 1. The Labute approximate surface area is 160 Å². The Morgan fingerprint density at radius 2 is 1.81 bits per heavy atom. The lowest BCUT2D eigenvalue weighted by molar-refractivity contribution is -0.127. The first-order valence-corrected chi connectivity index (χ1v) is 9.97. The van der Waals surface area contributed by atoms with Crippen molar-refractivity contribution in [1.29, 1.82) is 0 Å². The zero-order chi connectivity index (χ0) is 19.1. The van der Waals surface area contributed by atoms with Crippen molar-refractivity contribution in [3.8, 4) is 0 Å². The van der Waals surface area contributed by atoms with Gasteiger partial charge in [-0.25, -0.2) is 4.39 Å².